The Morgan fingerprint density at radius 3 is 2.63 bits per heavy atom. The minimum atomic E-state index is -1.40. The zero-order valence-corrected chi connectivity index (χ0v) is 22.0. The first-order valence-corrected chi connectivity index (χ1v) is 12.8. The molecule has 1 fully saturated rings. The SMILES string of the molecule is CCC(=O)C(C)C1OC1CC(C)C=CC=C(C)C1OC(=O)CC(O)CCC(C)(O)C(O)C=CC1C. The predicted molar refractivity (Wildman–Crippen MR) is 134 cm³/mol. The van der Waals surface area contributed by atoms with Gasteiger partial charge in [0.15, 0.2) is 0 Å². The lowest BCUT2D eigenvalue weighted by atomic mass is 9.89. The monoisotopic (exact) mass is 492 g/mol. The second-order valence-electron chi connectivity index (χ2n) is 10.6. The van der Waals surface area contributed by atoms with Gasteiger partial charge in [-0.15, -0.1) is 0 Å². The Balaban J connectivity index is 2.05. The third-order valence-electron chi connectivity index (χ3n) is 7.18. The Morgan fingerprint density at radius 1 is 1.29 bits per heavy atom. The molecule has 9 unspecified atom stereocenters. The summed E-state index contributed by atoms with van der Waals surface area (Å²) in [5, 5.41) is 31.1. The van der Waals surface area contributed by atoms with E-state index in [4.69, 9.17) is 9.47 Å². The van der Waals surface area contributed by atoms with Crippen molar-refractivity contribution in [3.63, 3.8) is 0 Å². The Bertz CT molecular complexity index is 812. The molecule has 0 spiro atoms. The first-order valence-electron chi connectivity index (χ1n) is 12.8. The summed E-state index contributed by atoms with van der Waals surface area (Å²) in [7, 11) is 0. The standard InChI is InChI=1S/C28H44O7/c1-7-22(30)20(5)27-23(34-27)15-17(2)9-8-10-18(3)26-19(4)11-12-24(31)28(6,33)14-13-21(29)16-25(32)35-26/h8-12,17,19-21,23-24,26-27,29,31,33H,7,13-16H2,1-6H3. The molecular formula is C28H44O7. The number of hydrogen-bond acceptors (Lipinski definition) is 7. The quantitative estimate of drug-likeness (QED) is 0.205. The van der Waals surface area contributed by atoms with E-state index >= 15 is 0 Å². The van der Waals surface area contributed by atoms with Gasteiger partial charge in [0.05, 0.1) is 30.3 Å². The summed E-state index contributed by atoms with van der Waals surface area (Å²) in [5.41, 5.74) is -0.569. The summed E-state index contributed by atoms with van der Waals surface area (Å²) in [6, 6.07) is 0. The van der Waals surface area contributed by atoms with Crippen LogP contribution in [-0.2, 0) is 19.1 Å². The number of Topliss-reactive ketones (excluding diaryl/α,β-unsaturated/α-hetero) is 1. The largest absolute Gasteiger partial charge is 0.457 e. The van der Waals surface area contributed by atoms with Gasteiger partial charge >= 0.3 is 5.97 Å². The van der Waals surface area contributed by atoms with Gasteiger partial charge in [-0.2, -0.15) is 0 Å². The lowest BCUT2D eigenvalue weighted by molar-refractivity contribution is -0.151. The van der Waals surface area contributed by atoms with Crippen LogP contribution in [0, 0.1) is 17.8 Å². The van der Waals surface area contributed by atoms with Gasteiger partial charge in [0, 0.05) is 18.3 Å². The van der Waals surface area contributed by atoms with Gasteiger partial charge in [0.25, 0.3) is 0 Å². The molecule has 198 valence electrons. The maximum absolute atomic E-state index is 12.5. The number of ketones is 1. The van der Waals surface area contributed by atoms with Crippen molar-refractivity contribution in [3.8, 4) is 0 Å². The van der Waals surface area contributed by atoms with Crippen LogP contribution in [0.4, 0.5) is 0 Å². The highest BCUT2D eigenvalue weighted by molar-refractivity contribution is 5.81. The number of rotatable bonds is 8. The molecule has 0 amide bonds. The van der Waals surface area contributed by atoms with E-state index in [0.29, 0.717) is 6.42 Å². The van der Waals surface area contributed by atoms with Crippen molar-refractivity contribution in [2.24, 2.45) is 17.8 Å². The predicted octanol–water partition coefficient (Wildman–Crippen LogP) is 3.66. The number of aliphatic hydroxyl groups excluding tert-OH is 2. The summed E-state index contributed by atoms with van der Waals surface area (Å²) in [5.74, 6) is -0.323. The van der Waals surface area contributed by atoms with Crippen molar-refractivity contribution in [1.82, 2.24) is 0 Å². The van der Waals surface area contributed by atoms with E-state index in [9.17, 15) is 24.9 Å². The molecule has 9 atom stereocenters. The van der Waals surface area contributed by atoms with E-state index in [1.165, 1.54) is 13.0 Å². The average molecular weight is 493 g/mol. The third-order valence-corrected chi connectivity index (χ3v) is 7.18. The Hall–Kier alpha value is -1.80. The summed E-state index contributed by atoms with van der Waals surface area (Å²) < 4.78 is 11.4. The van der Waals surface area contributed by atoms with Crippen LogP contribution in [0.5, 0.6) is 0 Å². The fourth-order valence-corrected chi connectivity index (χ4v) is 4.52. The number of carbonyl (C=O) groups is 2. The highest BCUT2D eigenvalue weighted by Gasteiger charge is 2.45. The molecule has 7 nitrogen and oxygen atoms in total. The van der Waals surface area contributed by atoms with Crippen LogP contribution in [0.3, 0.4) is 0 Å². The molecule has 0 aromatic carbocycles. The molecule has 35 heavy (non-hydrogen) atoms. The first kappa shape index (κ1) is 29.4. The van der Waals surface area contributed by atoms with Crippen LogP contribution in [0.25, 0.3) is 0 Å². The summed E-state index contributed by atoms with van der Waals surface area (Å²) in [6.45, 7) is 11.2. The number of epoxide rings is 1. The topological polar surface area (TPSA) is 117 Å². The highest BCUT2D eigenvalue weighted by atomic mass is 16.6. The van der Waals surface area contributed by atoms with E-state index < -0.39 is 29.9 Å². The van der Waals surface area contributed by atoms with Gasteiger partial charge in [-0.3, -0.25) is 9.59 Å². The van der Waals surface area contributed by atoms with E-state index in [1.54, 1.807) is 6.08 Å². The number of ether oxygens (including phenoxy) is 2. The molecule has 2 heterocycles. The van der Waals surface area contributed by atoms with Crippen LogP contribution in [0.1, 0.15) is 73.6 Å². The maximum atomic E-state index is 12.5. The number of aliphatic hydroxyl groups is 3. The van der Waals surface area contributed by atoms with Crippen molar-refractivity contribution in [3.05, 3.63) is 36.0 Å². The second-order valence-corrected chi connectivity index (χ2v) is 10.6. The molecule has 0 radical (unpaired) electrons. The molecule has 0 saturated carbocycles. The lowest BCUT2D eigenvalue weighted by Crippen LogP contribution is -2.39. The molecule has 7 heteroatoms. The van der Waals surface area contributed by atoms with Crippen molar-refractivity contribution >= 4 is 11.8 Å². The fraction of sp³-hybridized carbons (Fsp3) is 0.714. The molecular weight excluding hydrogens is 448 g/mol. The van der Waals surface area contributed by atoms with Gasteiger partial charge in [-0.1, -0.05) is 58.1 Å². The summed E-state index contributed by atoms with van der Waals surface area (Å²) >= 11 is 0. The van der Waals surface area contributed by atoms with E-state index in [1.807, 2.05) is 39.8 Å². The fourth-order valence-electron chi connectivity index (χ4n) is 4.52. The van der Waals surface area contributed by atoms with Gasteiger partial charge in [0.1, 0.15) is 18.0 Å². The normalized spacial score (nSPS) is 36.7. The average Bonchev–Trinajstić information content (AvgIpc) is 3.56. The van der Waals surface area contributed by atoms with Crippen molar-refractivity contribution < 1.29 is 34.4 Å². The molecule has 2 aliphatic rings. The molecule has 2 aliphatic heterocycles. The van der Waals surface area contributed by atoms with Crippen molar-refractivity contribution in [2.45, 2.75) is 110 Å². The van der Waals surface area contributed by atoms with E-state index in [-0.39, 0.29) is 55.0 Å². The van der Waals surface area contributed by atoms with Gasteiger partial charge in [0.2, 0.25) is 0 Å². The third kappa shape index (κ3) is 8.98. The molecule has 3 N–H and O–H groups in total. The van der Waals surface area contributed by atoms with Crippen molar-refractivity contribution in [2.75, 3.05) is 0 Å². The van der Waals surface area contributed by atoms with E-state index in [2.05, 4.69) is 13.0 Å². The number of hydrogen-bond donors (Lipinski definition) is 3. The first-order chi connectivity index (χ1) is 16.4. The Kier molecular flexibility index (Phi) is 10.9. The Morgan fingerprint density at radius 2 is 1.97 bits per heavy atom. The molecule has 2 rings (SSSR count). The van der Waals surface area contributed by atoms with Crippen LogP contribution in [0.15, 0.2) is 36.0 Å². The summed E-state index contributed by atoms with van der Waals surface area (Å²) in [6.07, 6.45) is 8.24. The molecule has 0 aliphatic carbocycles. The number of carbonyl (C=O) groups excluding carboxylic acids is 2. The van der Waals surface area contributed by atoms with E-state index in [0.717, 1.165) is 12.0 Å². The van der Waals surface area contributed by atoms with Crippen LogP contribution >= 0.6 is 0 Å². The highest BCUT2D eigenvalue weighted by Crippen LogP contribution is 2.35. The zero-order valence-electron chi connectivity index (χ0n) is 22.0. The number of allylic oxidation sites excluding steroid dienone is 3. The van der Waals surface area contributed by atoms with Crippen LogP contribution in [0.2, 0.25) is 0 Å². The second kappa shape index (κ2) is 12.9. The molecule has 0 aromatic rings. The molecule has 0 aromatic heterocycles. The summed E-state index contributed by atoms with van der Waals surface area (Å²) in [4.78, 5) is 24.3. The number of cyclic esters (lactones) is 1. The molecule has 0 bridgehead atoms. The van der Waals surface area contributed by atoms with Gasteiger partial charge in [-0.05, 0) is 44.6 Å². The maximum Gasteiger partial charge on any atom is 0.309 e. The lowest BCUT2D eigenvalue weighted by Gasteiger charge is -2.30. The van der Waals surface area contributed by atoms with Crippen LogP contribution < -0.4 is 0 Å². The minimum Gasteiger partial charge on any atom is -0.457 e. The van der Waals surface area contributed by atoms with Gasteiger partial charge < -0.3 is 24.8 Å². The van der Waals surface area contributed by atoms with Crippen LogP contribution in [-0.4, -0.2) is 63.2 Å². The molecule has 1 saturated heterocycles. The smallest absolute Gasteiger partial charge is 0.309 e. The van der Waals surface area contributed by atoms with Crippen molar-refractivity contribution in [1.29, 1.82) is 0 Å². The minimum absolute atomic E-state index is 0.0188. The Labute approximate surface area is 209 Å². The van der Waals surface area contributed by atoms with Gasteiger partial charge in [-0.25, -0.2) is 0 Å². The number of esters is 1. The zero-order chi connectivity index (χ0) is 26.3.